The summed E-state index contributed by atoms with van der Waals surface area (Å²) in [6, 6.07) is 5.60. The minimum Gasteiger partial charge on any atom is -0.431 e. The minimum absolute atomic E-state index is 0. The van der Waals surface area contributed by atoms with E-state index < -0.39 is 15.9 Å². The molecule has 1 amide bonds. The number of hydrogen-bond donors (Lipinski definition) is 3. The lowest BCUT2D eigenvalue weighted by atomic mass is 10.1. The standard InChI is InChI=1S/C22H32ClN7O4S.H2/c1-28-7-4-16(5-8-28)25-6-13-35(32,33)30-11-9-29(10-12-30)17-2-3-18(23)19(14-17)26-21(31)20-15-34-22(24)27-20;/h2-3,14-16,25H,4-13H2,1H3,(H2,24,27)(H,26,31);1H. The maximum atomic E-state index is 12.9. The van der Waals surface area contributed by atoms with E-state index in [1.165, 1.54) is 6.26 Å². The van der Waals surface area contributed by atoms with Crippen molar-refractivity contribution in [3.63, 3.8) is 0 Å². The fourth-order valence-electron chi connectivity index (χ4n) is 4.34. The van der Waals surface area contributed by atoms with Crippen molar-refractivity contribution in [1.29, 1.82) is 0 Å². The van der Waals surface area contributed by atoms with Crippen LogP contribution in [0.1, 0.15) is 24.8 Å². The number of piperidine rings is 1. The number of benzene rings is 1. The van der Waals surface area contributed by atoms with Crippen molar-refractivity contribution in [2.24, 2.45) is 0 Å². The number of carbonyl (C=O) groups is 1. The summed E-state index contributed by atoms with van der Waals surface area (Å²) in [7, 11) is -1.22. The summed E-state index contributed by atoms with van der Waals surface area (Å²) in [5.41, 5.74) is 6.74. The van der Waals surface area contributed by atoms with E-state index in [0.717, 1.165) is 31.6 Å². The van der Waals surface area contributed by atoms with Crippen LogP contribution >= 0.6 is 11.6 Å². The number of likely N-dealkylation sites (tertiary alicyclic amines) is 1. The number of amides is 1. The Morgan fingerprint density at radius 3 is 2.60 bits per heavy atom. The molecule has 0 saturated carbocycles. The molecule has 35 heavy (non-hydrogen) atoms. The zero-order valence-corrected chi connectivity index (χ0v) is 21.3. The molecule has 1 aromatic carbocycles. The Bertz CT molecular complexity index is 1130. The zero-order chi connectivity index (χ0) is 25.0. The first-order chi connectivity index (χ1) is 16.7. The number of nitrogens with zero attached hydrogens (tertiary/aromatic N) is 4. The molecule has 2 aromatic rings. The van der Waals surface area contributed by atoms with Crippen LogP contribution in [0.2, 0.25) is 5.02 Å². The molecular formula is C22H34ClN7O4S. The van der Waals surface area contributed by atoms with Gasteiger partial charge in [0.1, 0.15) is 6.26 Å². The first-order valence-electron chi connectivity index (χ1n) is 11.7. The predicted molar refractivity (Wildman–Crippen MR) is 139 cm³/mol. The lowest BCUT2D eigenvalue weighted by Gasteiger charge is -2.36. The maximum absolute atomic E-state index is 12.9. The van der Waals surface area contributed by atoms with Crippen molar-refractivity contribution < 1.29 is 19.1 Å². The SMILES string of the molecule is CN1CCC(NCCS(=O)(=O)N2CCN(c3ccc(Cl)c(NC(=O)c4coc(N)n4)c3)CC2)CC1.[HH]. The zero-order valence-electron chi connectivity index (χ0n) is 19.7. The molecule has 0 radical (unpaired) electrons. The van der Waals surface area contributed by atoms with Gasteiger partial charge in [0.05, 0.1) is 16.5 Å². The fraction of sp³-hybridized carbons (Fsp3) is 0.545. The topological polar surface area (TPSA) is 137 Å². The Morgan fingerprint density at radius 1 is 1.23 bits per heavy atom. The highest BCUT2D eigenvalue weighted by Crippen LogP contribution is 2.29. The molecule has 0 unspecified atom stereocenters. The number of oxazole rings is 1. The number of piperazine rings is 1. The molecule has 2 aliphatic rings. The molecule has 2 aliphatic heterocycles. The Balaban J connectivity index is 0.00000361. The lowest BCUT2D eigenvalue weighted by Crippen LogP contribution is -2.50. The summed E-state index contributed by atoms with van der Waals surface area (Å²) >= 11 is 6.27. The maximum Gasteiger partial charge on any atom is 0.292 e. The quantitative estimate of drug-likeness (QED) is 0.466. The highest BCUT2D eigenvalue weighted by Gasteiger charge is 2.27. The van der Waals surface area contributed by atoms with Crippen LogP contribution in [0, 0.1) is 0 Å². The summed E-state index contributed by atoms with van der Waals surface area (Å²) in [4.78, 5) is 20.6. The van der Waals surface area contributed by atoms with E-state index >= 15 is 0 Å². The second-order valence-electron chi connectivity index (χ2n) is 8.92. The number of carbonyl (C=O) groups excluding carboxylic acids is 1. The molecule has 2 saturated heterocycles. The van der Waals surface area contributed by atoms with Gasteiger partial charge in [-0.1, -0.05) is 11.6 Å². The normalized spacial score (nSPS) is 18.6. The molecule has 0 atom stereocenters. The summed E-state index contributed by atoms with van der Waals surface area (Å²) < 4.78 is 32.1. The summed E-state index contributed by atoms with van der Waals surface area (Å²) in [5.74, 6) is -0.391. The highest BCUT2D eigenvalue weighted by atomic mass is 35.5. The Morgan fingerprint density at radius 2 is 1.94 bits per heavy atom. The minimum atomic E-state index is -3.33. The second-order valence-corrected chi connectivity index (χ2v) is 11.4. The van der Waals surface area contributed by atoms with Crippen LogP contribution in [0.5, 0.6) is 0 Å². The molecular weight excluding hydrogens is 494 g/mol. The molecule has 0 bridgehead atoms. The molecule has 0 spiro atoms. The van der Waals surface area contributed by atoms with Crippen LogP contribution in [0.25, 0.3) is 0 Å². The van der Waals surface area contributed by atoms with E-state index in [0.29, 0.717) is 49.5 Å². The van der Waals surface area contributed by atoms with Gasteiger partial charge >= 0.3 is 0 Å². The summed E-state index contributed by atoms with van der Waals surface area (Å²) in [6.45, 7) is 4.42. The van der Waals surface area contributed by atoms with Crippen molar-refractivity contribution in [2.75, 3.05) is 74.6 Å². The third-order valence-corrected chi connectivity index (χ3v) is 8.66. The van der Waals surface area contributed by atoms with Crippen molar-refractivity contribution in [1.82, 2.24) is 19.5 Å². The van der Waals surface area contributed by atoms with Gasteiger partial charge in [0.15, 0.2) is 5.69 Å². The number of aromatic nitrogens is 1. The highest BCUT2D eigenvalue weighted by molar-refractivity contribution is 7.89. The van der Waals surface area contributed by atoms with E-state index in [1.54, 1.807) is 16.4 Å². The number of nitrogens with one attached hydrogen (secondary N) is 2. The molecule has 2 fully saturated rings. The van der Waals surface area contributed by atoms with Crippen LogP contribution in [0.3, 0.4) is 0 Å². The number of rotatable bonds is 8. The van der Waals surface area contributed by atoms with E-state index in [9.17, 15) is 13.2 Å². The fourth-order valence-corrected chi connectivity index (χ4v) is 5.86. The molecule has 11 nitrogen and oxygen atoms in total. The van der Waals surface area contributed by atoms with Crippen molar-refractivity contribution in [3.05, 3.63) is 35.2 Å². The van der Waals surface area contributed by atoms with Gasteiger partial charge in [-0.3, -0.25) is 4.79 Å². The smallest absolute Gasteiger partial charge is 0.292 e. The van der Waals surface area contributed by atoms with Crippen LogP contribution in [-0.2, 0) is 10.0 Å². The van der Waals surface area contributed by atoms with Crippen molar-refractivity contribution >= 4 is 44.9 Å². The van der Waals surface area contributed by atoms with Gasteiger partial charge in [-0.05, 0) is 51.2 Å². The third kappa shape index (κ3) is 6.64. The monoisotopic (exact) mass is 527 g/mol. The Labute approximate surface area is 212 Å². The largest absolute Gasteiger partial charge is 0.431 e. The number of nitrogen functional groups attached to an aromatic ring is 1. The van der Waals surface area contributed by atoms with E-state index in [4.69, 9.17) is 21.8 Å². The molecule has 3 heterocycles. The van der Waals surface area contributed by atoms with Gasteiger partial charge in [-0.2, -0.15) is 9.29 Å². The van der Waals surface area contributed by atoms with Gasteiger partial charge in [0.2, 0.25) is 10.0 Å². The second kappa shape index (κ2) is 11.1. The molecule has 194 valence electrons. The van der Waals surface area contributed by atoms with Gasteiger partial charge in [0, 0.05) is 45.9 Å². The first-order valence-corrected chi connectivity index (χ1v) is 13.7. The average Bonchev–Trinajstić information content (AvgIpc) is 3.28. The first kappa shape index (κ1) is 25.7. The molecule has 0 aliphatic carbocycles. The number of anilines is 3. The van der Waals surface area contributed by atoms with Gasteiger partial charge in [-0.15, -0.1) is 0 Å². The van der Waals surface area contributed by atoms with E-state index in [-0.39, 0.29) is 18.9 Å². The van der Waals surface area contributed by atoms with Crippen molar-refractivity contribution in [2.45, 2.75) is 18.9 Å². The van der Waals surface area contributed by atoms with Gasteiger partial charge in [0.25, 0.3) is 11.9 Å². The number of hydrogen-bond acceptors (Lipinski definition) is 9. The third-order valence-electron chi connectivity index (χ3n) is 6.46. The van der Waals surface area contributed by atoms with E-state index in [1.807, 2.05) is 6.07 Å². The van der Waals surface area contributed by atoms with Crippen LogP contribution in [0.4, 0.5) is 17.4 Å². The predicted octanol–water partition coefficient (Wildman–Crippen LogP) is 1.54. The van der Waals surface area contributed by atoms with Crippen LogP contribution < -0.4 is 21.3 Å². The van der Waals surface area contributed by atoms with Gasteiger partial charge in [-0.25, -0.2) is 8.42 Å². The lowest BCUT2D eigenvalue weighted by molar-refractivity contribution is 0.102. The number of nitrogens with two attached hydrogens (primary N) is 1. The molecule has 1 aromatic heterocycles. The average molecular weight is 528 g/mol. The van der Waals surface area contributed by atoms with E-state index in [2.05, 4.69) is 32.5 Å². The Hall–Kier alpha value is -2.38. The molecule has 4 N–H and O–H groups in total. The van der Waals surface area contributed by atoms with Crippen molar-refractivity contribution in [3.8, 4) is 0 Å². The molecule has 4 rings (SSSR count). The van der Waals surface area contributed by atoms with Crippen LogP contribution in [-0.4, -0.2) is 93.2 Å². The molecule has 13 heteroatoms. The summed E-state index contributed by atoms with van der Waals surface area (Å²) in [5, 5.41) is 6.49. The van der Waals surface area contributed by atoms with Crippen LogP contribution in [0.15, 0.2) is 28.9 Å². The summed E-state index contributed by atoms with van der Waals surface area (Å²) in [6.07, 6.45) is 3.27. The number of sulfonamides is 1. The Kier molecular flexibility index (Phi) is 8.17. The number of halogens is 1. The van der Waals surface area contributed by atoms with Gasteiger partial charge < -0.3 is 30.6 Å².